The number of esters is 1. The van der Waals surface area contributed by atoms with Gasteiger partial charge in [0.05, 0.1) is 30.9 Å². The molecule has 0 saturated carbocycles. The molecule has 0 spiro atoms. The fourth-order valence-corrected chi connectivity index (χ4v) is 1.21. The van der Waals surface area contributed by atoms with Gasteiger partial charge in [0.1, 0.15) is 0 Å². The number of ether oxygens (including phenoxy) is 1. The average molecular weight is 203 g/mol. The Morgan fingerprint density at radius 2 is 2.27 bits per heavy atom. The molecule has 0 N–H and O–H groups in total. The van der Waals surface area contributed by atoms with Gasteiger partial charge in [0.2, 0.25) is 0 Å². The Balaban J connectivity index is 2.29. The molecular formula is C11H9NO3. The van der Waals surface area contributed by atoms with Crippen LogP contribution in [-0.4, -0.2) is 18.1 Å². The van der Waals surface area contributed by atoms with Crippen molar-refractivity contribution in [2.75, 3.05) is 7.11 Å². The lowest BCUT2D eigenvalue weighted by Crippen LogP contribution is -2.01. The lowest BCUT2D eigenvalue weighted by molar-refractivity contribution is 0.0600. The molecule has 0 unspecified atom stereocenters. The van der Waals surface area contributed by atoms with Gasteiger partial charge in [0, 0.05) is 11.8 Å². The summed E-state index contributed by atoms with van der Waals surface area (Å²) in [5.41, 5.74) is 2.08. The first-order valence-electron chi connectivity index (χ1n) is 4.38. The highest BCUT2D eigenvalue weighted by Gasteiger charge is 2.06. The maximum atomic E-state index is 11.1. The number of nitrogens with zero attached hydrogens (tertiary/aromatic N) is 1. The summed E-state index contributed by atoms with van der Waals surface area (Å²) >= 11 is 0. The number of hydrogen-bond donors (Lipinski definition) is 0. The van der Waals surface area contributed by atoms with Gasteiger partial charge in [-0.15, -0.1) is 0 Å². The summed E-state index contributed by atoms with van der Waals surface area (Å²) in [6.07, 6.45) is 4.65. The van der Waals surface area contributed by atoms with E-state index in [0.29, 0.717) is 5.56 Å². The van der Waals surface area contributed by atoms with Crippen LogP contribution in [0.1, 0.15) is 10.4 Å². The van der Waals surface area contributed by atoms with Gasteiger partial charge in [-0.2, -0.15) is 0 Å². The topological polar surface area (TPSA) is 52.3 Å². The molecule has 15 heavy (non-hydrogen) atoms. The second-order valence-electron chi connectivity index (χ2n) is 2.94. The third-order valence-corrected chi connectivity index (χ3v) is 2.00. The van der Waals surface area contributed by atoms with Crippen LogP contribution in [-0.2, 0) is 4.74 Å². The van der Waals surface area contributed by atoms with Gasteiger partial charge in [-0.25, -0.2) is 4.79 Å². The molecule has 0 saturated heterocycles. The van der Waals surface area contributed by atoms with Crippen LogP contribution in [0.2, 0.25) is 0 Å². The predicted molar refractivity (Wildman–Crippen MR) is 53.3 cm³/mol. The van der Waals surface area contributed by atoms with E-state index in [1.165, 1.54) is 13.3 Å². The zero-order valence-electron chi connectivity index (χ0n) is 8.14. The van der Waals surface area contributed by atoms with Crippen molar-refractivity contribution in [1.29, 1.82) is 0 Å². The van der Waals surface area contributed by atoms with Crippen molar-refractivity contribution in [3.63, 3.8) is 0 Å². The SMILES string of the molecule is COC(=O)c1ccc(-c2ccoc2)nc1. The Bertz CT molecular complexity index is 445. The number of hydrogen-bond acceptors (Lipinski definition) is 4. The number of carbonyl (C=O) groups is 1. The highest BCUT2D eigenvalue weighted by molar-refractivity contribution is 5.89. The summed E-state index contributed by atoms with van der Waals surface area (Å²) in [5, 5.41) is 0. The molecule has 2 heterocycles. The van der Waals surface area contributed by atoms with Gasteiger partial charge in [-0.3, -0.25) is 4.98 Å². The third kappa shape index (κ3) is 1.88. The number of carbonyl (C=O) groups excluding carboxylic acids is 1. The maximum absolute atomic E-state index is 11.1. The first kappa shape index (κ1) is 9.45. The van der Waals surface area contributed by atoms with Crippen LogP contribution in [0.25, 0.3) is 11.3 Å². The van der Waals surface area contributed by atoms with Crippen molar-refractivity contribution in [2.45, 2.75) is 0 Å². The smallest absolute Gasteiger partial charge is 0.339 e. The fraction of sp³-hybridized carbons (Fsp3) is 0.0909. The minimum absolute atomic E-state index is 0.388. The molecule has 0 fully saturated rings. The van der Waals surface area contributed by atoms with Crippen molar-refractivity contribution in [3.05, 3.63) is 42.5 Å². The highest BCUT2D eigenvalue weighted by atomic mass is 16.5. The molecule has 4 nitrogen and oxygen atoms in total. The van der Waals surface area contributed by atoms with Crippen LogP contribution in [0, 0.1) is 0 Å². The Kier molecular flexibility index (Phi) is 2.49. The van der Waals surface area contributed by atoms with E-state index >= 15 is 0 Å². The van der Waals surface area contributed by atoms with Gasteiger partial charge in [-0.1, -0.05) is 0 Å². The number of aromatic nitrogens is 1. The molecule has 2 rings (SSSR count). The molecule has 0 bridgehead atoms. The second kappa shape index (κ2) is 3.96. The number of methoxy groups -OCH3 is 1. The Morgan fingerprint density at radius 3 is 2.80 bits per heavy atom. The molecule has 2 aromatic heterocycles. The average Bonchev–Trinajstić information content (AvgIpc) is 2.82. The number of furan rings is 1. The predicted octanol–water partition coefficient (Wildman–Crippen LogP) is 2.13. The molecule has 2 aromatic rings. The van der Waals surface area contributed by atoms with Crippen molar-refractivity contribution in [1.82, 2.24) is 4.98 Å². The van der Waals surface area contributed by atoms with Crippen LogP contribution < -0.4 is 0 Å². The molecule has 0 amide bonds. The van der Waals surface area contributed by atoms with Crippen LogP contribution in [0.5, 0.6) is 0 Å². The zero-order valence-corrected chi connectivity index (χ0v) is 8.14. The largest absolute Gasteiger partial charge is 0.472 e. The van der Waals surface area contributed by atoms with Crippen molar-refractivity contribution in [2.24, 2.45) is 0 Å². The van der Waals surface area contributed by atoms with Gasteiger partial charge in [-0.05, 0) is 18.2 Å². The third-order valence-electron chi connectivity index (χ3n) is 2.00. The van der Waals surface area contributed by atoms with Gasteiger partial charge in [0.25, 0.3) is 0 Å². The fourth-order valence-electron chi connectivity index (χ4n) is 1.21. The van der Waals surface area contributed by atoms with Gasteiger partial charge >= 0.3 is 5.97 Å². The lowest BCUT2D eigenvalue weighted by atomic mass is 10.2. The van der Waals surface area contributed by atoms with Crippen molar-refractivity contribution >= 4 is 5.97 Å². The van der Waals surface area contributed by atoms with Crippen molar-refractivity contribution < 1.29 is 13.9 Å². The van der Waals surface area contributed by atoms with E-state index in [1.54, 1.807) is 30.7 Å². The second-order valence-corrected chi connectivity index (χ2v) is 2.94. The molecule has 0 aromatic carbocycles. The summed E-state index contributed by atoms with van der Waals surface area (Å²) in [7, 11) is 1.34. The van der Waals surface area contributed by atoms with E-state index in [1.807, 2.05) is 0 Å². The van der Waals surface area contributed by atoms with Crippen LogP contribution in [0.4, 0.5) is 0 Å². The van der Waals surface area contributed by atoms with Crippen molar-refractivity contribution in [3.8, 4) is 11.3 Å². The van der Waals surface area contributed by atoms with Crippen LogP contribution in [0.3, 0.4) is 0 Å². The first-order chi connectivity index (χ1) is 7.31. The monoisotopic (exact) mass is 203 g/mol. The normalized spacial score (nSPS) is 9.93. The first-order valence-corrected chi connectivity index (χ1v) is 4.38. The van der Waals surface area contributed by atoms with E-state index in [4.69, 9.17) is 4.42 Å². The Hall–Kier alpha value is -2.10. The summed E-state index contributed by atoms with van der Waals surface area (Å²) in [4.78, 5) is 15.3. The minimum Gasteiger partial charge on any atom is -0.472 e. The molecule has 0 aliphatic carbocycles. The quantitative estimate of drug-likeness (QED) is 0.701. The summed E-state index contributed by atoms with van der Waals surface area (Å²) in [6, 6.07) is 5.22. The van der Waals surface area contributed by atoms with E-state index < -0.39 is 0 Å². The maximum Gasteiger partial charge on any atom is 0.339 e. The minimum atomic E-state index is -0.388. The standard InChI is InChI=1S/C11H9NO3/c1-14-11(13)8-2-3-10(12-6-8)9-4-5-15-7-9/h2-7H,1H3. The van der Waals surface area contributed by atoms with E-state index in [0.717, 1.165) is 11.3 Å². The number of pyridine rings is 1. The zero-order chi connectivity index (χ0) is 10.7. The molecule has 76 valence electrons. The van der Waals surface area contributed by atoms with E-state index in [-0.39, 0.29) is 5.97 Å². The molecule has 0 aliphatic rings. The van der Waals surface area contributed by atoms with Crippen LogP contribution in [0.15, 0.2) is 41.3 Å². The summed E-state index contributed by atoms with van der Waals surface area (Å²) in [6.45, 7) is 0. The molecule has 0 aliphatic heterocycles. The molecule has 0 atom stereocenters. The van der Waals surface area contributed by atoms with Crippen LogP contribution >= 0.6 is 0 Å². The number of rotatable bonds is 2. The Morgan fingerprint density at radius 1 is 1.40 bits per heavy atom. The summed E-state index contributed by atoms with van der Waals surface area (Å²) < 4.78 is 9.51. The summed E-state index contributed by atoms with van der Waals surface area (Å²) in [5.74, 6) is -0.388. The van der Waals surface area contributed by atoms with Gasteiger partial charge < -0.3 is 9.15 Å². The molecule has 4 heteroatoms. The van der Waals surface area contributed by atoms with Gasteiger partial charge in [0.15, 0.2) is 0 Å². The molecule has 0 radical (unpaired) electrons. The Labute approximate surface area is 86.5 Å². The van der Waals surface area contributed by atoms with E-state index in [9.17, 15) is 4.79 Å². The van der Waals surface area contributed by atoms with E-state index in [2.05, 4.69) is 9.72 Å². The highest BCUT2D eigenvalue weighted by Crippen LogP contribution is 2.17. The lowest BCUT2D eigenvalue weighted by Gasteiger charge is -1.99. The molecular weight excluding hydrogens is 194 g/mol.